The highest BCUT2D eigenvalue weighted by Gasteiger charge is 2.23. The third-order valence-electron chi connectivity index (χ3n) is 3.33. The second-order valence-electron chi connectivity index (χ2n) is 4.68. The van der Waals surface area contributed by atoms with Gasteiger partial charge < -0.3 is 15.6 Å². The van der Waals surface area contributed by atoms with Gasteiger partial charge in [0, 0.05) is 30.9 Å². The summed E-state index contributed by atoms with van der Waals surface area (Å²) < 4.78 is 0. The van der Waals surface area contributed by atoms with Gasteiger partial charge in [0.25, 0.3) is 5.91 Å². The zero-order valence-electron chi connectivity index (χ0n) is 12.0. The number of aryl methyl sites for hydroxylation is 1. The fourth-order valence-corrected chi connectivity index (χ4v) is 2.03. The van der Waals surface area contributed by atoms with Crippen molar-refractivity contribution < 1.29 is 9.59 Å². The van der Waals surface area contributed by atoms with Crippen molar-refractivity contribution in [2.24, 2.45) is 5.73 Å². The van der Waals surface area contributed by atoms with Gasteiger partial charge >= 0.3 is 0 Å². The second kappa shape index (κ2) is 6.73. The van der Waals surface area contributed by atoms with Crippen LogP contribution in [0.5, 0.6) is 0 Å². The molecule has 0 aliphatic carbocycles. The number of amides is 1. The van der Waals surface area contributed by atoms with E-state index in [-0.39, 0.29) is 30.1 Å². The predicted molar refractivity (Wildman–Crippen MR) is 78.1 cm³/mol. The number of likely N-dealkylation sites (N-methyl/N-ethyl adjacent to an activating group) is 1. The second-order valence-corrected chi connectivity index (χ2v) is 4.68. The van der Waals surface area contributed by atoms with E-state index in [2.05, 4.69) is 4.98 Å². The van der Waals surface area contributed by atoms with E-state index in [0.29, 0.717) is 23.4 Å². The monoisotopic (exact) mass is 287 g/mol. The topological polar surface area (TPSA) is 79.2 Å². The number of halogens is 1. The Morgan fingerprint density at radius 2 is 1.89 bits per heavy atom. The maximum atomic E-state index is 12.3. The molecule has 6 heteroatoms. The van der Waals surface area contributed by atoms with Gasteiger partial charge in [-0.2, -0.15) is 0 Å². The number of carbonyl (C=O) groups excluding carboxylic acids is 2. The normalized spacial score (nSPS) is 11.7. The number of rotatable bonds is 4. The molecule has 1 aromatic heterocycles. The molecule has 1 rings (SSSR count). The smallest absolute Gasteiger partial charge is 0.270 e. The summed E-state index contributed by atoms with van der Waals surface area (Å²) in [7, 11) is 1.71. The standard InChI is InChI=1S/C13H21N3O2.ClH/c1-7(6-14)16(5)13(18)12-8(2)11(10(4)17)9(3)15-12;/h7,15H,6,14H2,1-5H3;1H. The number of nitrogens with zero attached hydrogens (tertiary/aromatic N) is 1. The van der Waals surface area contributed by atoms with Crippen LogP contribution < -0.4 is 5.73 Å². The lowest BCUT2D eigenvalue weighted by molar-refractivity contribution is 0.0742. The first-order valence-electron chi connectivity index (χ1n) is 5.98. The zero-order chi connectivity index (χ0) is 14.0. The number of H-pyrrole nitrogens is 1. The van der Waals surface area contributed by atoms with Gasteiger partial charge in [-0.05, 0) is 33.3 Å². The van der Waals surface area contributed by atoms with Gasteiger partial charge in [-0.3, -0.25) is 9.59 Å². The molecule has 19 heavy (non-hydrogen) atoms. The van der Waals surface area contributed by atoms with E-state index in [9.17, 15) is 9.59 Å². The number of hydrogen-bond donors (Lipinski definition) is 2. The SMILES string of the molecule is CC(=O)c1c(C)[nH]c(C(=O)N(C)C(C)CN)c1C.Cl. The summed E-state index contributed by atoms with van der Waals surface area (Å²) >= 11 is 0. The molecule has 0 saturated heterocycles. The first kappa shape index (κ1) is 17.7. The molecule has 0 saturated carbocycles. The molecular formula is C13H22ClN3O2. The van der Waals surface area contributed by atoms with Gasteiger partial charge in [0.1, 0.15) is 5.69 Å². The van der Waals surface area contributed by atoms with Crippen molar-refractivity contribution >= 4 is 24.1 Å². The number of Topliss-reactive ketones (excluding diaryl/α,β-unsaturated/α-hetero) is 1. The van der Waals surface area contributed by atoms with Crippen LogP contribution in [0.1, 0.15) is 46.0 Å². The van der Waals surface area contributed by atoms with Crippen molar-refractivity contribution in [3.8, 4) is 0 Å². The third-order valence-corrected chi connectivity index (χ3v) is 3.33. The molecule has 0 bridgehead atoms. The van der Waals surface area contributed by atoms with Crippen LogP contribution in [0.4, 0.5) is 0 Å². The van der Waals surface area contributed by atoms with Crippen LogP contribution in [-0.2, 0) is 0 Å². The quantitative estimate of drug-likeness (QED) is 0.827. The van der Waals surface area contributed by atoms with Gasteiger partial charge in [0.2, 0.25) is 0 Å². The van der Waals surface area contributed by atoms with Gasteiger partial charge in [-0.15, -0.1) is 12.4 Å². The molecule has 0 aliphatic rings. The summed E-state index contributed by atoms with van der Waals surface area (Å²) in [4.78, 5) is 28.4. The molecule has 0 fully saturated rings. The minimum Gasteiger partial charge on any atom is -0.354 e. The van der Waals surface area contributed by atoms with Gasteiger partial charge in [-0.25, -0.2) is 0 Å². The number of aromatic amines is 1. The zero-order valence-corrected chi connectivity index (χ0v) is 12.9. The molecule has 3 N–H and O–H groups in total. The summed E-state index contributed by atoms with van der Waals surface area (Å²) in [6.07, 6.45) is 0. The molecule has 0 radical (unpaired) electrons. The molecule has 1 unspecified atom stereocenters. The Balaban J connectivity index is 0.00000324. The van der Waals surface area contributed by atoms with E-state index in [4.69, 9.17) is 5.73 Å². The van der Waals surface area contributed by atoms with Gasteiger partial charge in [-0.1, -0.05) is 0 Å². The maximum absolute atomic E-state index is 12.3. The summed E-state index contributed by atoms with van der Waals surface area (Å²) in [5.41, 5.74) is 8.07. The summed E-state index contributed by atoms with van der Waals surface area (Å²) in [6, 6.07) is -0.0405. The Morgan fingerprint density at radius 1 is 1.37 bits per heavy atom. The number of nitrogens with one attached hydrogen (secondary N) is 1. The molecule has 108 valence electrons. The van der Waals surface area contributed by atoms with Crippen molar-refractivity contribution in [2.75, 3.05) is 13.6 Å². The van der Waals surface area contributed by atoms with Crippen LogP contribution in [0, 0.1) is 13.8 Å². The van der Waals surface area contributed by atoms with E-state index in [0.717, 1.165) is 5.69 Å². The maximum Gasteiger partial charge on any atom is 0.270 e. The fourth-order valence-electron chi connectivity index (χ4n) is 2.03. The van der Waals surface area contributed by atoms with E-state index in [1.807, 2.05) is 6.92 Å². The fraction of sp³-hybridized carbons (Fsp3) is 0.538. The Hall–Kier alpha value is -1.33. The molecule has 1 aromatic rings. The molecular weight excluding hydrogens is 266 g/mol. The summed E-state index contributed by atoms with van der Waals surface area (Å²) in [6.45, 7) is 7.38. The number of hydrogen-bond acceptors (Lipinski definition) is 3. The Labute approximate surface area is 120 Å². The van der Waals surface area contributed by atoms with E-state index in [1.165, 1.54) is 6.92 Å². The average molecular weight is 288 g/mol. The highest BCUT2D eigenvalue weighted by molar-refractivity contribution is 6.02. The molecule has 1 amide bonds. The van der Waals surface area contributed by atoms with E-state index < -0.39 is 0 Å². The minimum absolute atomic E-state index is 0. The number of carbonyl (C=O) groups is 2. The van der Waals surface area contributed by atoms with Gasteiger partial charge in [0.15, 0.2) is 5.78 Å². The van der Waals surface area contributed by atoms with Crippen LogP contribution in [0.15, 0.2) is 0 Å². The lowest BCUT2D eigenvalue weighted by atomic mass is 10.1. The van der Waals surface area contributed by atoms with Crippen molar-refractivity contribution in [3.63, 3.8) is 0 Å². The van der Waals surface area contributed by atoms with Crippen LogP contribution in [0.2, 0.25) is 0 Å². The van der Waals surface area contributed by atoms with Crippen LogP contribution in [-0.4, -0.2) is 41.2 Å². The predicted octanol–water partition coefficient (Wildman–Crippen LogP) is 1.68. The summed E-state index contributed by atoms with van der Waals surface area (Å²) in [5.74, 6) is -0.170. The Bertz CT molecular complexity index is 482. The lowest BCUT2D eigenvalue weighted by Crippen LogP contribution is -2.40. The lowest BCUT2D eigenvalue weighted by Gasteiger charge is -2.23. The van der Waals surface area contributed by atoms with Crippen molar-refractivity contribution in [1.82, 2.24) is 9.88 Å². The molecule has 1 heterocycles. The van der Waals surface area contributed by atoms with Gasteiger partial charge in [0.05, 0.1) is 0 Å². The van der Waals surface area contributed by atoms with Crippen LogP contribution in [0.25, 0.3) is 0 Å². The van der Waals surface area contributed by atoms with Crippen LogP contribution in [0.3, 0.4) is 0 Å². The third kappa shape index (κ3) is 3.36. The minimum atomic E-state index is -0.138. The molecule has 0 spiro atoms. The highest BCUT2D eigenvalue weighted by Crippen LogP contribution is 2.20. The summed E-state index contributed by atoms with van der Waals surface area (Å²) in [5, 5.41) is 0. The molecule has 0 aliphatic heterocycles. The average Bonchev–Trinajstić information content (AvgIpc) is 2.61. The van der Waals surface area contributed by atoms with Crippen molar-refractivity contribution in [1.29, 1.82) is 0 Å². The highest BCUT2D eigenvalue weighted by atomic mass is 35.5. The van der Waals surface area contributed by atoms with Crippen molar-refractivity contribution in [3.05, 3.63) is 22.5 Å². The van der Waals surface area contributed by atoms with Crippen LogP contribution >= 0.6 is 12.4 Å². The number of nitrogens with two attached hydrogens (primary N) is 1. The number of ketones is 1. The Kier molecular flexibility index (Phi) is 6.25. The first-order valence-corrected chi connectivity index (χ1v) is 5.98. The molecule has 1 atom stereocenters. The van der Waals surface area contributed by atoms with E-state index in [1.54, 1.807) is 25.8 Å². The first-order chi connectivity index (χ1) is 8.31. The van der Waals surface area contributed by atoms with Crippen molar-refractivity contribution in [2.45, 2.75) is 33.7 Å². The molecule has 5 nitrogen and oxygen atoms in total. The van der Waals surface area contributed by atoms with E-state index >= 15 is 0 Å². The Morgan fingerprint density at radius 3 is 2.26 bits per heavy atom. The molecule has 0 aromatic carbocycles. The largest absolute Gasteiger partial charge is 0.354 e. The number of aromatic nitrogens is 1.